The molecular weight excluding hydrogens is 250 g/mol. The first-order chi connectivity index (χ1) is 9.83. The fourth-order valence-corrected chi connectivity index (χ4v) is 2.02. The summed E-state index contributed by atoms with van der Waals surface area (Å²) in [7, 11) is 0. The molecule has 2 aromatic carbocycles. The van der Waals surface area contributed by atoms with E-state index in [0.717, 1.165) is 16.7 Å². The highest BCUT2D eigenvalue weighted by Crippen LogP contribution is 2.29. The molecule has 0 spiro atoms. The number of anilines is 1. The predicted octanol–water partition coefficient (Wildman–Crippen LogP) is 4.11. The van der Waals surface area contributed by atoms with Crippen LogP contribution in [-0.2, 0) is 6.61 Å². The summed E-state index contributed by atoms with van der Waals surface area (Å²) in [6.07, 6.45) is 3.34. The molecule has 0 atom stereocenters. The van der Waals surface area contributed by atoms with E-state index in [1.54, 1.807) is 12.5 Å². The Morgan fingerprint density at radius 3 is 2.50 bits per heavy atom. The van der Waals surface area contributed by atoms with Crippen LogP contribution in [0.15, 0.2) is 71.5 Å². The van der Waals surface area contributed by atoms with Gasteiger partial charge in [0.05, 0.1) is 18.2 Å². The molecule has 0 saturated carbocycles. The molecule has 2 N–H and O–H groups in total. The first kappa shape index (κ1) is 12.4. The van der Waals surface area contributed by atoms with E-state index in [4.69, 9.17) is 14.9 Å². The number of hydrogen-bond acceptors (Lipinski definition) is 3. The highest BCUT2D eigenvalue weighted by molar-refractivity contribution is 5.69. The average Bonchev–Trinajstić information content (AvgIpc) is 3.01. The Kier molecular flexibility index (Phi) is 3.42. The van der Waals surface area contributed by atoms with Crippen molar-refractivity contribution >= 4 is 5.69 Å². The van der Waals surface area contributed by atoms with Crippen LogP contribution in [0.25, 0.3) is 11.1 Å². The maximum Gasteiger partial charge on any atom is 0.142 e. The van der Waals surface area contributed by atoms with Crippen LogP contribution in [-0.4, -0.2) is 0 Å². The normalized spacial score (nSPS) is 10.4. The molecule has 0 aliphatic rings. The summed E-state index contributed by atoms with van der Waals surface area (Å²) in [5, 5.41) is 0. The molecule has 1 aromatic heterocycles. The smallest absolute Gasteiger partial charge is 0.142 e. The molecule has 0 aliphatic heterocycles. The van der Waals surface area contributed by atoms with Gasteiger partial charge in [0.1, 0.15) is 12.4 Å². The van der Waals surface area contributed by atoms with Crippen LogP contribution in [0.3, 0.4) is 0 Å². The Balaban J connectivity index is 1.75. The van der Waals surface area contributed by atoms with Gasteiger partial charge in [-0.15, -0.1) is 0 Å². The van der Waals surface area contributed by atoms with Crippen LogP contribution in [0.2, 0.25) is 0 Å². The maximum atomic E-state index is 6.04. The number of benzene rings is 2. The molecule has 1 heterocycles. The summed E-state index contributed by atoms with van der Waals surface area (Å²) in [5.41, 5.74) is 9.80. The van der Waals surface area contributed by atoms with E-state index >= 15 is 0 Å². The minimum atomic E-state index is 0.510. The van der Waals surface area contributed by atoms with Gasteiger partial charge in [-0.05, 0) is 29.3 Å². The third kappa shape index (κ3) is 2.67. The standard InChI is InChI=1S/C17H15NO2/c18-16-10-14(15-8-9-19-12-15)6-7-17(16)20-11-13-4-2-1-3-5-13/h1-10,12H,11,18H2. The van der Waals surface area contributed by atoms with Crippen molar-refractivity contribution < 1.29 is 9.15 Å². The second-order valence-corrected chi connectivity index (χ2v) is 4.54. The lowest BCUT2D eigenvalue weighted by Crippen LogP contribution is -1.98. The van der Waals surface area contributed by atoms with Crippen LogP contribution in [0.1, 0.15) is 5.56 Å². The first-order valence-electron chi connectivity index (χ1n) is 6.42. The van der Waals surface area contributed by atoms with E-state index in [2.05, 4.69) is 0 Å². The Bertz CT molecular complexity index is 675. The topological polar surface area (TPSA) is 48.4 Å². The molecule has 0 saturated heterocycles. The minimum absolute atomic E-state index is 0.510. The van der Waals surface area contributed by atoms with E-state index < -0.39 is 0 Å². The Morgan fingerprint density at radius 1 is 0.950 bits per heavy atom. The number of hydrogen-bond donors (Lipinski definition) is 1. The van der Waals surface area contributed by atoms with Gasteiger partial charge in [0.25, 0.3) is 0 Å². The molecule has 3 heteroatoms. The van der Waals surface area contributed by atoms with Gasteiger partial charge in [0.15, 0.2) is 0 Å². The summed E-state index contributed by atoms with van der Waals surface area (Å²) < 4.78 is 10.8. The van der Waals surface area contributed by atoms with E-state index in [1.165, 1.54) is 0 Å². The van der Waals surface area contributed by atoms with Gasteiger partial charge in [-0.1, -0.05) is 36.4 Å². The van der Waals surface area contributed by atoms with Gasteiger partial charge >= 0.3 is 0 Å². The number of ether oxygens (including phenoxy) is 1. The van der Waals surface area contributed by atoms with E-state index in [-0.39, 0.29) is 0 Å². The van der Waals surface area contributed by atoms with Crippen molar-refractivity contribution in [3.8, 4) is 16.9 Å². The van der Waals surface area contributed by atoms with Gasteiger partial charge in [-0.2, -0.15) is 0 Å². The van der Waals surface area contributed by atoms with Gasteiger partial charge < -0.3 is 14.9 Å². The van der Waals surface area contributed by atoms with Crippen molar-refractivity contribution in [3.05, 3.63) is 72.7 Å². The highest BCUT2D eigenvalue weighted by atomic mass is 16.5. The lowest BCUT2D eigenvalue weighted by molar-refractivity contribution is 0.308. The molecule has 0 bridgehead atoms. The van der Waals surface area contributed by atoms with Crippen LogP contribution in [0.4, 0.5) is 5.69 Å². The second-order valence-electron chi connectivity index (χ2n) is 4.54. The SMILES string of the molecule is Nc1cc(-c2ccoc2)ccc1OCc1ccccc1. The summed E-state index contributed by atoms with van der Waals surface area (Å²) in [4.78, 5) is 0. The van der Waals surface area contributed by atoms with Gasteiger partial charge in [0, 0.05) is 5.56 Å². The summed E-state index contributed by atoms with van der Waals surface area (Å²) in [6, 6.07) is 17.7. The van der Waals surface area contributed by atoms with Crippen molar-refractivity contribution in [1.29, 1.82) is 0 Å². The quantitative estimate of drug-likeness (QED) is 0.722. The molecule has 0 unspecified atom stereocenters. The van der Waals surface area contributed by atoms with Gasteiger partial charge in [-0.25, -0.2) is 0 Å². The molecule has 20 heavy (non-hydrogen) atoms. The summed E-state index contributed by atoms with van der Waals surface area (Å²) >= 11 is 0. The Hall–Kier alpha value is -2.68. The van der Waals surface area contributed by atoms with Crippen LogP contribution in [0, 0.1) is 0 Å². The predicted molar refractivity (Wildman–Crippen MR) is 79.3 cm³/mol. The minimum Gasteiger partial charge on any atom is -0.487 e. The molecular formula is C17H15NO2. The van der Waals surface area contributed by atoms with Gasteiger partial charge in [0.2, 0.25) is 0 Å². The number of furan rings is 1. The molecule has 100 valence electrons. The molecule has 0 amide bonds. The Labute approximate surface area is 117 Å². The molecule has 3 aromatic rings. The summed E-state index contributed by atoms with van der Waals surface area (Å²) in [6.45, 7) is 0.510. The molecule has 3 rings (SSSR count). The van der Waals surface area contributed by atoms with E-state index in [1.807, 2.05) is 54.6 Å². The summed E-state index contributed by atoms with van der Waals surface area (Å²) in [5.74, 6) is 0.695. The molecule has 0 aliphatic carbocycles. The van der Waals surface area contributed by atoms with Crippen LogP contribution in [0.5, 0.6) is 5.75 Å². The number of nitrogen functional groups attached to an aromatic ring is 1. The van der Waals surface area contributed by atoms with Crippen molar-refractivity contribution in [2.24, 2.45) is 0 Å². The van der Waals surface area contributed by atoms with Gasteiger partial charge in [-0.3, -0.25) is 0 Å². The van der Waals surface area contributed by atoms with Crippen molar-refractivity contribution in [1.82, 2.24) is 0 Å². The third-order valence-electron chi connectivity index (χ3n) is 3.10. The largest absolute Gasteiger partial charge is 0.487 e. The lowest BCUT2D eigenvalue weighted by Gasteiger charge is -2.10. The zero-order chi connectivity index (χ0) is 13.8. The Morgan fingerprint density at radius 2 is 1.80 bits per heavy atom. The third-order valence-corrected chi connectivity index (χ3v) is 3.10. The number of nitrogens with two attached hydrogens (primary N) is 1. The van der Waals surface area contributed by atoms with Crippen molar-refractivity contribution in [2.45, 2.75) is 6.61 Å². The lowest BCUT2D eigenvalue weighted by atomic mass is 10.1. The zero-order valence-corrected chi connectivity index (χ0v) is 11.0. The first-order valence-corrected chi connectivity index (χ1v) is 6.42. The zero-order valence-electron chi connectivity index (χ0n) is 11.0. The van der Waals surface area contributed by atoms with Crippen molar-refractivity contribution in [3.63, 3.8) is 0 Å². The van der Waals surface area contributed by atoms with Crippen LogP contribution < -0.4 is 10.5 Å². The molecule has 3 nitrogen and oxygen atoms in total. The van der Waals surface area contributed by atoms with E-state index in [0.29, 0.717) is 18.0 Å². The highest BCUT2D eigenvalue weighted by Gasteiger charge is 2.05. The average molecular weight is 265 g/mol. The van der Waals surface area contributed by atoms with Crippen molar-refractivity contribution in [2.75, 3.05) is 5.73 Å². The van der Waals surface area contributed by atoms with Crippen LogP contribution >= 0.6 is 0 Å². The molecule has 0 radical (unpaired) electrons. The number of rotatable bonds is 4. The fourth-order valence-electron chi connectivity index (χ4n) is 2.02. The maximum absolute atomic E-state index is 6.04. The second kappa shape index (κ2) is 5.53. The van der Waals surface area contributed by atoms with E-state index in [9.17, 15) is 0 Å². The molecule has 0 fully saturated rings. The fraction of sp³-hybridized carbons (Fsp3) is 0.0588. The monoisotopic (exact) mass is 265 g/mol.